The number of rotatable bonds is 9. The van der Waals surface area contributed by atoms with Crippen LogP contribution in [0.15, 0.2) is 97.1 Å². The van der Waals surface area contributed by atoms with Crippen LogP contribution in [0.25, 0.3) is 33.3 Å². The number of carbonyl (C=O) groups excluding carboxylic acids is 2. The molecule has 0 aliphatic heterocycles. The first-order chi connectivity index (χ1) is 19.5. The summed E-state index contributed by atoms with van der Waals surface area (Å²) >= 11 is 0. The van der Waals surface area contributed by atoms with Crippen molar-refractivity contribution >= 4 is 22.7 Å². The monoisotopic (exact) mass is 533 g/mol. The zero-order chi connectivity index (χ0) is 28.1. The number of aromatic nitrogens is 1. The maximum atomic E-state index is 13.3. The summed E-state index contributed by atoms with van der Waals surface area (Å²) < 4.78 is 21.9. The Bertz CT molecular complexity index is 1650. The third-order valence-corrected chi connectivity index (χ3v) is 6.54. The van der Waals surface area contributed by atoms with Crippen LogP contribution in [-0.4, -0.2) is 44.7 Å². The third kappa shape index (κ3) is 5.35. The van der Waals surface area contributed by atoms with E-state index in [1.807, 2.05) is 60.7 Å². The van der Waals surface area contributed by atoms with Crippen molar-refractivity contribution in [1.82, 2.24) is 4.98 Å². The van der Waals surface area contributed by atoms with Gasteiger partial charge in [-0.3, -0.25) is 4.79 Å². The number of pyridine rings is 1. The Morgan fingerprint density at radius 3 is 1.95 bits per heavy atom. The lowest BCUT2D eigenvalue weighted by Crippen LogP contribution is -2.15. The molecule has 0 aliphatic rings. The van der Waals surface area contributed by atoms with Crippen LogP contribution in [0.2, 0.25) is 0 Å². The van der Waals surface area contributed by atoms with Crippen molar-refractivity contribution in [3.63, 3.8) is 0 Å². The van der Waals surface area contributed by atoms with Gasteiger partial charge in [0, 0.05) is 16.5 Å². The lowest BCUT2D eigenvalue weighted by atomic mass is 10.0. The normalized spacial score (nSPS) is 10.7. The molecular formula is C33H27NO6. The van der Waals surface area contributed by atoms with Crippen molar-refractivity contribution in [2.24, 2.45) is 0 Å². The topological polar surface area (TPSA) is 84.0 Å². The van der Waals surface area contributed by atoms with Crippen molar-refractivity contribution in [3.8, 4) is 39.6 Å². The molecule has 0 saturated carbocycles. The molecule has 200 valence electrons. The largest absolute Gasteiger partial charge is 0.493 e. The Morgan fingerprint density at radius 1 is 0.675 bits per heavy atom. The first-order valence-corrected chi connectivity index (χ1v) is 12.6. The van der Waals surface area contributed by atoms with Crippen LogP contribution in [0.5, 0.6) is 17.2 Å². The number of benzene rings is 4. The summed E-state index contributed by atoms with van der Waals surface area (Å²) in [6, 6.07) is 29.6. The summed E-state index contributed by atoms with van der Waals surface area (Å²) in [7, 11) is 4.59. The van der Waals surface area contributed by atoms with Crippen molar-refractivity contribution in [2.75, 3.05) is 27.9 Å². The zero-order valence-corrected chi connectivity index (χ0v) is 22.3. The number of ether oxygens (including phenoxy) is 4. The van der Waals surface area contributed by atoms with Crippen LogP contribution in [0.4, 0.5) is 0 Å². The van der Waals surface area contributed by atoms with E-state index >= 15 is 0 Å². The average Bonchev–Trinajstić information content (AvgIpc) is 3.02. The van der Waals surface area contributed by atoms with E-state index in [1.165, 1.54) is 21.3 Å². The van der Waals surface area contributed by atoms with Gasteiger partial charge in [0.05, 0.1) is 38.1 Å². The minimum atomic E-state index is -0.624. The molecule has 0 radical (unpaired) electrons. The van der Waals surface area contributed by atoms with Crippen LogP contribution in [0, 0.1) is 0 Å². The highest BCUT2D eigenvalue weighted by molar-refractivity contribution is 6.06. The van der Waals surface area contributed by atoms with Crippen LogP contribution in [0.3, 0.4) is 0 Å². The molecule has 0 spiro atoms. The van der Waals surface area contributed by atoms with Crippen LogP contribution >= 0.6 is 0 Å². The first-order valence-electron chi connectivity index (χ1n) is 12.6. The summed E-state index contributed by atoms with van der Waals surface area (Å²) in [6.45, 7) is -0.389. The number of fused-ring (bicyclic) bond motifs is 1. The molecule has 0 fully saturated rings. The molecule has 1 heterocycles. The number of Topliss-reactive ketones (excluding diaryl/α,β-unsaturated/α-hetero) is 1. The molecule has 0 saturated heterocycles. The summed E-state index contributed by atoms with van der Waals surface area (Å²) in [6.07, 6.45) is 0. The number of nitrogens with zero attached hydrogens (tertiary/aromatic N) is 1. The molecule has 0 N–H and O–H groups in total. The van der Waals surface area contributed by atoms with Crippen molar-refractivity contribution in [3.05, 3.63) is 108 Å². The number of carbonyl (C=O) groups is 2. The van der Waals surface area contributed by atoms with E-state index in [1.54, 1.807) is 36.4 Å². The molecule has 5 aromatic rings. The molecule has 0 unspecified atom stereocenters. The summed E-state index contributed by atoms with van der Waals surface area (Å²) in [4.78, 5) is 30.9. The molecule has 5 rings (SSSR count). The molecule has 0 atom stereocenters. The average molecular weight is 534 g/mol. The van der Waals surface area contributed by atoms with Crippen molar-refractivity contribution < 1.29 is 28.5 Å². The quantitative estimate of drug-likeness (QED) is 0.155. The lowest BCUT2D eigenvalue weighted by Gasteiger charge is -2.15. The van der Waals surface area contributed by atoms with E-state index in [4.69, 9.17) is 23.9 Å². The third-order valence-electron chi connectivity index (χ3n) is 6.54. The SMILES string of the molecule is COc1cc(-c2cc(C(=O)OCC(=O)c3ccc(-c4ccccc4)cc3)c3ccccc3n2)cc(OC)c1OC. The minimum absolute atomic E-state index is 0.293. The predicted octanol–water partition coefficient (Wildman–Crippen LogP) is 6.63. The summed E-state index contributed by atoms with van der Waals surface area (Å²) in [5.74, 6) is 0.446. The molecule has 1 aromatic heterocycles. The number of para-hydroxylation sites is 1. The molecular weight excluding hydrogens is 506 g/mol. The molecule has 40 heavy (non-hydrogen) atoms. The van der Waals surface area contributed by atoms with Crippen LogP contribution in [0.1, 0.15) is 20.7 Å². The van der Waals surface area contributed by atoms with Gasteiger partial charge in [0.15, 0.2) is 23.9 Å². The molecule has 7 heteroatoms. The maximum absolute atomic E-state index is 13.3. The Hall–Kier alpha value is -5.17. The van der Waals surface area contributed by atoms with Gasteiger partial charge in [-0.25, -0.2) is 9.78 Å². The molecule has 0 aliphatic carbocycles. The van der Waals surface area contributed by atoms with E-state index < -0.39 is 5.97 Å². The van der Waals surface area contributed by atoms with E-state index in [2.05, 4.69) is 0 Å². The molecule has 0 bridgehead atoms. The van der Waals surface area contributed by atoms with E-state index in [0.717, 1.165) is 11.1 Å². The first kappa shape index (κ1) is 26.4. The molecule has 4 aromatic carbocycles. The van der Waals surface area contributed by atoms with Crippen molar-refractivity contribution in [2.45, 2.75) is 0 Å². The van der Waals surface area contributed by atoms with Crippen molar-refractivity contribution in [1.29, 1.82) is 0 Å². The van der Waals surface area contributed by atoms with Crippen LogP contribution < -0.4 is 14.2 Å². The number of methoxy groups -OCH3 is 3. The Morgan fingerprint density at radius 2 is 1.30 bits per heavy atom. The second-order valence-corrected chi connectivity index (χ2v) is 8.93. The molecule has 7 nitrogen and oxygen atoms in total. The standard InChI is InChI=1S/C33H27NO6/c1-37-30-17-24(18-31(38-2)32(30)39-3)28-19-26(25-11-7-8-12-27(25)34-28)33(36)40-20-29(35)23-15-13-22(14-16-23)21-9-5-4-6-10-21/h4-19H,20H2,1-3H3. The summed E-state index contributed by atoms with van der Waals surface area (Å²) in [5.41, 5.74) is 4.57. The van der Waals surface area contributed by atoms with Gasteiger partial charge in [0.1, 0.15) is 0 Å². The highest BCUT2D eigenvalue weighted by Crippen LogP contribution is 2.41. The highest BCUT2D eigenvalue weighted by Gasteiger charge is 2.20. The second-order valence-electron chi connectivity index (χ2n) is 8.93. The fraction of sp³-hybridized carbons (Fsp3) is 0.121. The Kier molecular flexibility index (Phi) is 7.73. The zero-order valence-electron chi connectivity index (χ0n) is 22.3. The van der Waals surface area contributed by atoms with E-state index in [0.29, 0.717) is 50.5 Å². The molecule has 0 amide bonds. The fourth-order valence-electron chi connectivity index (χ4n) is 4.49. The number of hydrogen-bond donors (Lipinski definition) is 0. The number of ketones is 1. The van der Waals surface area contributed by atoms with Gasteiger partial charge in [-0.2, -0.15) is 0 Å². The van der Waals surface area contributed by atoms with Gasteiger partial charge in [-0.05, 0) is 35.4 Å². The number of esters is 1. The fourth-order valence-corrected chi connectivity index (χ4v) is 4.49. The lowest BCUT2D eigenvalue weighted by molar-refractivity contribution is 0.0476. The highest BCUT2D eigenvalue weighted by atomic mass is 16.5. The van der Waals surface area contributed by atoms with Gasteiger partial charge < -0.3 is 18.9 Å². The van der Waals surface area contributed by atoms with Gasteiger partial charge >= 0.3 is 5.97 Å². The Labute approximate surface area is 231 Å². The van der Waals surface area contributed by atoms with Gasteiger partial charge in [-0.15, -0.1) is 0 Å². The number of hydrogen-bond acceptors (Lipinski definition) is 7. The van der Waals surface area contributed by atoms with Gasteiger partial charge in [0.25, 0.3) is 0 Å². The minimum Gasteiger partial charge on any atom is -0.493 e. The van der Waals surface area contributed by atoms with E-state index in [-0.39, 0.29) is 12.4 Å². The maximum Gasteiger partial charge on any atom is 0.339 e. The second kappa shape index (κ2) is 11.7. The van der Waals surface area contributed by atoms with Gasteiger partial charge in [-0.1, -0.05) is 72.8 Å². The summed E-state index contributed by atoms with van der Waals surface area (Å²) in [5, 5.41) is 0.614. The smallest absolute Gasteiger partial charge is 0.339 e. The van der Waals surface area contributed by atoms with Crippen LogP contribution in [-0.2, 0) is 4.74 Å². The predicted molar refractivity (Wildman–Crippen MR) is 153 cm³/mol. The van der Waals surface area contributed by atoms with Gasteiger partial charge in [0.2, 0.25) is 5.75 Å². The van der Waals surface area contributed by atoms with E-state index in [9.17, 15) is 9.59 Å². The Balaban J connectivity index is 1.41.